The predicted molar refractivity (Wildman–Crippen MR) is 57.9 cm³/mol. The molecule has 102 valence electrons. The highest BCUT2D eigenvalue weighted by Gasteiger charge is 2.41. The summed E-state index contributed by atoms with van der Waals surface area (Å²) in [6.07, 6.45) is -4.16. The maximum atomic E-state index is 11.9. The Balaban J connectivity index is 2.12. The van der Waals surface area contributed by atoms with Gasteiger partial charge in [-0.05, 0) is 19.4 Å². The first-order chi connectivity index (χ1) is 7.98. The Kier molecular flexibility index (Phi) is 5.69. The Morgan fingerprint density at radius 1 is 1.35 bits per heavy atom. The van der Waals surface area contributed by atoms with Crippen molar-refractivity contribution >= 4 is 0 Å². The molecule has 3 unspecified atom stereocenters. The molecule has 6 heteroatoms. The van der Waals surface area contributed by atoms with Crippen LogP contribution in [0, 0.1) is 0 Å². The highest BCUT2D eigenvalue weighted by Crippen LogP contribution is 2.28. The van der Waals surface area contributed by atoms with Crippen LogP contribution < -0.4 is 5.32 Å². The number of hydrogen-bond donors (Lipinski definition) is 1. The lowest BCUT2D eigenvalue weighted by molar-refractivity contribution is -0.153. The second-order valence-electron chi connectivity index (χ2n) is 4.23. The minimum atomic E-state index is -4.09. The van der Waals surface area contributed by atoms with Gasteiger partial charge in [0.15, 0.2) is 0 Å². The van der Waals surface area contributed by atoms with Crippen LogP contribution in [0.2, 0.25) is 0 Å². The first-order valence-corrected chi connectivity index (χ1v) is 5.92. The number of halogens is 3. The SMILES string of the molecule is CCNC1CC(OCCCC(F)(F)F)C1OC. The monoisotopic (exact) mass is 255 g/mol. The summed E-state index contributed by atoms with van der Waals surface area (Å²) >= 11 is 0. The Morgan fingerprint density at radius 2 is 2.06 bits per heavy atom. The molecule has 1 saturated carbocycles. The van der Waals surface area contributed by atoms with Crippen LogP contribution in [0.3, 0.4) is 0 Å². The van der Waals surface area contributed by atoms with E-state index in [9.17, 15) is 13.2 Å². The van der Waals surface area contributed by atoms with Gasteiger partial charge in [-0.25, -0.2) is 0 Å². The Hall–Kier alpha value is -0.330. The lowest BCUT2D eigenvalue weighted by atomic mass is 9.85. The number of ether oxygens (including phenoxy) is 2. The highest BCUT2D eigenvalue weighted by atomic mass is 19.4. The quantitative estimate of drug-likeness (QED) is 0.707. The van der Waals surface area contributed by atoms with Crippen molar-refractivity contribution in [3.05, 3.63) is 0 Å². The summed E-state index contributed by atoms with van der Waals surface area (Å²) in [7, 11) is 1.60. The fourth-order valence-electron chi connectivity index (χ4n) is 2.03. The zero-order valence-electron chi connectivity index (χ0n) is 10.2. The van der Waals surface area contributed by atoms with E-state index in [0.29, 0.717) is 0 Å². The molecule has 1 rings (SSSR count). The fraction of sp³-hybridized carbons (Fsp3) is 1.00. The molecule has 1 N–H and O–H groups in total. The van der Waals surface area contributed by atoms with Crippen molar-refractivity contribution in [2.45, 2.75) is 50.6 Å². The van der Waals surface area contributed by atoms with E-state index in [2.05, 4.69) is 5.32 Å². The summed E-state index contributed by atoms with van der Waals surface area (Å²) < 4.78 is 46.3. The maximum Gasteiger partial charge on any atom is 0.389 e. The first-order valence-electron chi connectivity index (χ1n) is 5.92. The zero-order valence-corrected chi connectivity index (χ0v) is 10.2. The van der Waals surface area contributed by atoms with Crippen molar-refractivity contribution in [3.8, 4) is 0 Å². The molecule has 17 heavy (non-hydrogen) atoms. The first kappa shape index (κ1) is 14.7. The van der Waals surface area contributed by atoms with Gasteiger partial charge >= 0.3 is 6.18 Å². The molecule has 0 aliphatic heterocycles. The van der Waals surface area contributed by atoms with E-state index >= 15 is 0 Å². The summed E-state index contributed by atoms with van der Waals surface area (Å²) in [5.74, 6) is 0. The lowest BCUT2D eigenvalue weighted by Crippen LogP contribution is -2.59. The van der Waals surface area contributed by atoms with Gasteiger partial charge in [0, 0.05) is 26.2 Å². The van der Waals surface area contributed by atoms with Crippen LogP contribution in [0.5, 0.6) is 0 Å². The van der Waals surface area contributed by atoms with Crippen LogP contribution in [0.1, 0.15) is 26.2 Å². The van der Waals surface area contributed by atoms with Gasteiger partial charge < -0.3 is 14.8 Å². The van der Waals surface area contributed by atoms with Gasteiger partial charge in [-0.2, -0.15) is 13.2 Å². The smallest absolute Gasteiger partial charge is 0.377 e. The molecule has 0 aromatic carbocycles. The van der Waals surface area contributed by atoms with Gasteiger partial charge in [0.25, 0.3) is 0 Å². The second-order valence-corrected chi connectivity index (χ2v) is 4.23. The van der Waals surface area contributed by atoms with E-state index < -0.39 is 12.6 Å². The minimum Gasteiger partial charge on any atom is -0.377 e. The van der Waals surface area contributed by atoms with E-state index in [1.807, 2.05) is 6.92 Å². The predicted octanol–water partition coefficient (Wildman–Crippen LogP) is 2.11. The standard InChI is InChI=1S/C11H20F3NO2/c1-3-15-8-7-9(10(8)16-2)17-6-4-5-11(12,13)14/h8-10,15H,3-7H2,1-2H3. The number of hydrogen-bond acceptors (Lipinski definition) is 3. The third-order valence-corrected chi connectivity index (χ3v) is 2.92. The van der Waals surface area contributed by atoms with Crippen molar-refractivity contribution in [1.29, 1.82) is 0 Å². The summed E-state index contributed by atoms with van der Waals surface area (Å²) in [5, 5.41) is 3.24. The fourth-order valence-corrected chi connectivity index (χ4v) is 2.03. The second kappa shape index (κ2) is 6.56. The van der Waals surface area contributed by atoms with Gasteiger partial charge in [-0.1, -0.05) is 6.92 Å². The molecule has 0 spiro atoms. The molecular weight excluding hydrogens is 235 g/mol. The van der Waals surface area contributed by atoms with E-state index in [1.165, 1.54) is 0 Å². The Labute approximate surface area is 99.7 Å². The number of methoxy groups -OCH3 is 1. The number of alkyl halides is 3. The van der Waals surface area contributed by atoms with Gasteiger partial charge in [-0.15, -0.1) is 0 Å². The summed E-state index contributed by atoms with van der Waals surface area (Å²) in [4.78, 5) is 0. The van der Waals surface area contributed by atoms with Crippen LogP contribution >= 0.6 is 0 Å². The van der Waals surface area contributed by atoms with Crippen LogP contribution in [0.4, 0.5) is 13.2 Å². The molecule has 3 nitrogen and oxygen atoms in total. The van der Waals surface area contributed by atoms with Crippen molar-refractivity contribution in [2.24, 2.45) is 0 Å². The minimum absolute atomic E-state index is 0.0162. The average molecular weight is 255 g/mol. The summed E-state index contributed by atoms with van der Waals surface area (Å²) in [6, 6.07) is 0.262. The average Bonchev–Trinajstić information content (AvgIpc) is 2.20. The van der Waals surface area contributed by atoms with Crippen molar-refractivity contribution < 1.29 is 22.6 Å². The molecule has 0 aromatic rings. The largest absolute Gasteiger partial charge is 0.389 e. The van der Waals surface area contributed by atoms with Crippen molar-refractivity contribution in [2.75, 3.05) is 20.3 Å². The normalized spacial score (nSPS) is 29.1. The third-order valence-electron chi connectivity index (χ3n) is 2.92. The van der Waals surface area contributed by atoms with Crippen molar-refractivity contribution in [1.82, 2.24) is 5.32 Å². The highest BCUT2D eigenvalue weighted by molar-refractivity contribution is 4.96. The maximum absolute atomic E-state index is 11.9. The molecule has 1 aliphatic carbocycles. The molecule has 0 aromatic heterocycles. The van der Waals surface area contributed by atoms with Crippen molar-refractivity contribution in [3.63, 3.8) is 0 Å². The van der Waals surface area contributed by atoms with E-state index in [1.54, 1.807) is 7.11 Å². The van der Waals surface area contributed by atoms with Crippen LogP contribution in [0.25, 0.3) is 0 Å². The zero-order chi connectivity index (χ0) is 12.9. The van der Waals surface area contributed by atoms with Gasteiger partial charge in [-0.3, -0.25) is 0 Å². The molecule has 0 radical (unpaired) electrons. The van der Waals surface area contributed by atoms with E-state index in [-0.39, 0.29) is 31.3 Å². The van der Waals surface area contributed by atoms with E-state index in [0.717, 1.165) is 13.0 Å². The topological polar surface area (TPSA) is 30.5 Å². The lowest BCUT2D eigenvalue weighted by Gasteiger charge is -2.43. The Morgan fingerprint density at radius 3 is 2.59 bits per heavy atom. The van der Waals surface area contributed by atoms with Crippen LogP contribution in [-0.4, -0.2) is 44.7 Å². The molecule has 0 heterocycles. The molecule has 0 amide bonds. The van der Waals surface area contributed by atoms with Crippen LogP contribution in [-0.2, 0) is 9.47 Å². The van der Waals surface area contributed by atoms with E-state index in [4.69, 9.17) is 9.47 Å². The number of nitrogens with one attached hydrogen (secondary N) is 1. The molecule has 0 saturated heterocycles. The van der Waals surface area contributed by atoms with Gasteiger partial charge in [0.1, 0.15) is 0 Å². The number of rotatable bonds is 7. The molecular formula is C11H20F3NO2. The number of likely N-dealkylation sites (N-methyl/N-ethyl adjacent to an activating group) is 1. The summed E-state index contributed by atoms with van der Waals surface area (Å²) in [5.41, 5.74) is 0. The molecule has 1 aliphatic rings. The molecule has 3 atom stereocenters. The molecule has 1 fully saturated rings. The van der Waals surface area contributed by atoms with Gasteiger partial charge in [0.05, 0.1) is 12.2 Å². The van der Waals surface area contributed by atoms with Gasteiger partial charge in [0.2, 0.25) is 0 Å². The molecule has 0 bridgehead atoms. The summed E-state index contributed by atoms with van der Waals surface area (Å²) in [6.45, 7) is 3.00. The third kappa shape index (κ3) is 4.81. The Bertz CT molecular complexity index is 223. The van der Waals surface area contributed by atoms with Crippen LogP contribution in [0.15, 0.2) is 0 Å².